The van der Waals surface area contributed by atoms with Crippen LogP contribution in [0.5, 0.6) is 0 Å². The number of nitrogens with zero attached hydrogens (tertiary/aromatic N) is 2. The van der Waals surface area contributed by atoms with Gasteiger partial charge in [0.25, 0.3) is 0 Å². The van der Waals surface area contributed by atoms with E-state index in [2.05, 4.69) is 4.98 Å². The van der Waals surface area contributed by atoms with E-state index in [4.69, 9.17) is 5.73 Å². The molecule has 0 atom stereocenters. The number of amides is 1. The zero-order valence-corrected chi connectivity index (χ0v) is 11.4. The Hall–Kier alpha value is -1.86. The molecule has 0 saturated carbocycles. The molecule has 0 radical (unpaired) electrons. The summed E-state index contributed by atoms with van der Waals surface area (Å²) in [5, 5.41) is 9.90. The molecule has 106 valence electrons. The van der Waals surface area contributed by atoms with Gasteiger partial charge in [0.2, 0.25) is 5.91 Å². The smallest absolute Gasteiger partial charge is 0.227 e. The first-order valence-corrected chi connectivity index (χ1v) is 6.89. The van der Waals surface area contributed by atoms with Crippen LogP contribution in [0, 0.1) is 5.82 Å². The molecule has 0 fully saturated rings. The highest BCUT2D eigenvalue weighted by molar-refractivity contribution is 7.99. The van der Waals surface area contributed by atoms with Crippen molar-refractivity contribution in [2.75, 3.05) is 5.75 Å². The Morgan fingerprint density at radius 2 is 2.10 bits per heavy atom. The molecule has 0 unspecified atom stereocenters. The van der Waals surface area contributed by atoms with Crippen molar-refractivity contribution in [1.29, 1.82) is 0 Å². The first-order valence-electron chi connectivity index (χ1n) is 5.91. The predicted molar refractivity (Wildman–Crippen MR) is 73.6 cm³/mol. The average Bonchev–Trinajstić information content (AvgIpc) is 2.81. The lowest BCUT2D eigenvalue weighted by atomic mass is 10.2. The van der Waals surface area contributed by atoms with Crippen molar-refractivity contribution in [2.24, 2.45) is 5.73 Å². The normalized spacial score (nSPS) is 10.7. The molecule has 2 aromatic rings. The van der Waals surface area contributed by atoms with Gasteiger partial charge in [0, 0.05) is 6.54 Å². The largest absolute Gasteiger partial charge is 0.390 e. The number of benzene rings is 1. The fraction of sp³-hybridized carbons (Fsp3) is 0.231. The van der Waals surface area contributed by atoms with Crippen LogP contribution >= 0.6 is 11.8 Å². The Labute approximate surface area is 119 Å². The van der Waals surface area contributed by atoms with E-state index in [1.165, 1.54) is 23.9 Å². The Morgan fingerprint density at radius 3 is 2.70 bits per heavy atom. The van der Waals surface area contributed by atoms with E-state index in [1.54, 1.807) is 22.9 Å². The molecule has 1 heterocycles. The Kier molecular flexibility index (Phi) is 4.75. The molecule has 20 heavy (non-hydrogen) atoms. The van der Waals surface area contributed by atoms with Crippen LogP contribution < -0.4 is 5.73 Å². The highest BCUT2D eigenvalue weighted by atomic mass is 32.2. The number of carbonyl (C=O) groups excluding carboxylic acids is 1. The summed E-state index contributed by atoms with van der Waals surface area (Å²) in [5.74, 6) is -0.618. The van der Waals surface area contributed by atoms with Crippen molar-refractivity contribution < 1.29 is 14.3 Å². The average molecular weight is 295 g/mol. The van der Waals surface area contributed by atoms with Crippen molar-refractivity contribution in [3.63, 3.8) is 0 Å². The lowest BCUT2D eigenvalue weighted by molar-refractivity contribution is -0.115. The quantitative estimate of drug-likeness (QED) is 0.783. The molecule has 0 aliphatic rings. The molecule has 1 aromatic heterocycles. The highest BCUT2D eigenvalue weighted by Crippen LogP contribution is 2.20. The van der Waals surface area contributed by atoms with Crippen molar-refractivity contribution in [3.8, 4) is 0 Å². The second-order valence-electron chi connectivity index (χ2n) is 4.16. The number of nitrogens with two attached hydrogens (primary N) is 1. The standard InChI is InChI=1S/C13H14FN3O2S/c14-10-3-1-9(2-4-10)6-17-11(7-18)5-16-13(17)20-8-12(15)19/h1-5,18H,6-8H2,(H2,15,19). The van der Waals surface area contributed by atoms with Gasteiger partial charge in [-0.1, -0.05) is 23.9 Å². The molecular formula is C13H14FN3O2S. The van der Waals surface area contributed by atoms with Crippen LogP contribution in [0.2, 0.25) is 0 Å². The van der Waals surface area contributed by atoms with Gasteiger partial charge in [-0.25, -0.2) is 9.37 Å². The summed E-state index contributed by atoms with van der Waals surface area (Å²) in [7, 11) is 0. The fourth-order valence-corrected chi connectivity index (χ4v) is 2.45. The Bertz CT molecular complexity index is 598. The number of thioether (sulfide) groups is 1. The number of aliphatic hydroxyl groups is 1. The van der Waals surface area contributed by atoms with Crippen LogP contribution in [0.15, 0.2) is 35.6 Å². The van der Waals surface area contributed by atoms with Crippen LogP contribution in [0.3, 0.4) is 0 Å². The van der Waals surface area contributed by atoms with Gasteiger partial charge in [0.15, 0.2) is 5.16 Å². The predicted octanol–water partition coefficient (Wildman–Crippen LogP) is 1.14. The molecule has 0 aliphatic carbocycles. The zero-order chi connectivity index (χ0) is 14.5. The maximum Gasteiger partial charge on any atom is 0.227 e. The molecule has 1 aromatic carbocycles. The number of hydrogen-bond acceptors (Lipinski definition) is 4. The minimum absolute atomic E-state index is 0.116. The van der Waals surface area contributed by atoms with Crippen molar-refractivity contribution >= 4 is 17.7 Å². The van der Waals surface area contributed by atoms with Crippen LogP contribution in [0.4, 0.5) is 4.39 Å². The lowest BCUT2D eigenvalue weighted by Gasteiger charge is -2.10. The SMILES string of the molecule is NC(=O)CSc1ncc(CO)n1Cc1ccc(F)cc1. The van der Waals surface area contributed by atoms with E-state index in [9.17, 15) is 14.3 Å². The van der Waals surface area contributed by atoms with E-state index in [-0.39, 0.29) is 18.2 Å². The number of hydrogen-bond donors (Lipinski definition) is 2. The van der Waals surface area contributed by atoms with Gasteiger partial charge in [-0.15, -0.1) is 0 Å². The molecule has 0 saturated heterocycles. The minimum atomic E-state index is -0.433. The number of aliphatic hydroxyl groups excluding tert-OH is 1. The summed E-state index contributed by atoms with van der Waals surface area (Å²) in [6.45, 7) is 0.280. The maximum absolute atomic E-state index is 12.9. The second-order valence-corrected chi connectivity index (χ2v) is 5.10. The van der Waals surface area contributed by atoms with Gasteiger partial charge in [0.1, 0.15) is 5.82 Å². The Balaban J connectivity index is 2.21. The molecule has 5 nitrogen and oxygen atoms in total. The van der Waals surface area contributed by atoms with Crippen LogP contribution in [-0.2, 0) is 17.9 Å². The first-order chi connectivity index (χ1) is 9.60. The van der Waals surface area contributed by atoms with E-state index in [0.717, 1.165) is 5.56 Å². The summed E-state index contributed by atoms with van der Waals surface area (Å²) in [6.07, 6.45) is 1.55. The number of rotatable bonds is 6. The molecule has 7 heteroatoms. The first kappa shape index (κ1) is 14.5. The van der Waals surface area contributed by atoms with Gasteiger partial charge in [-0.3, -0.25) is 4.79 Å². The van der Waals surface area contributed by atoms with Gasteiger partial charge < -0.3 is 15.4 Å². The van der Waals surface area contributed by atoms with Gasteiger partial charge in [-0.2, -0.15) is 0 Å². The minimum Gasteiger partial charge on any atom is -0.390 e. The van der Waals surface area contributed by atoms with Crippen LogP contribution in [0.1, 0.15) is 11.3 Å². The summed E-state index contributed by atoms with van der Waals surface area (Å²) >= 11 is 1.21. The molecule has 3 N–H and O–H groups in total. The molecule has 0 spiro atoms. The number of aromatic nitrogens is 2. The van der Waals surface area contributed by atoms with Crippen molar-refractivity contribution in [1.82, 2.24) is 9.55 Å². The van der Waals surface area contributed by atoms with Crippen molar-refractivity contribution in [2.45, 2.75) is 18.3 Å². The summed E-state index contributed by atoms with van der Waals surface area (Å²) in [4.78, 5) is 15.0. The monoisotopic (exact) mass is 295 g/mol. The zero-order valence-electron chi connectivity index (χ0n) is 10.6. The molecule has 2 rings (SSSR count). The summed E-state index contributed by atoms with van der Waals surface area (Å²) in [5.41, 5.74) is 6.61. The molecule has 0 bridgehead atoms. The molecule has 1 amide bonds. The number of halogens is 1. The fourth-order valence-electron chi connectivity index (χ4n) is 1.71. The van der Waals surface area contributed by atoms with E-state index in [1.807, 2.05) is 0 Å². The van der Waals surface area contributed by atoms with E-state index >= 15 is 0 Å². The van der Waals surface area contributed by atoms with E-state index in [0.29, 0.717) is 17.4 Å². The second kappa shape index (κ2) is 6.53. The van der Waals surface area contributed by atoms with Gasteiger partial charge >= 0.3 is 0 Å². The molecular weight excluding hydrogens is 281 g/mol. The molecule has 0 aliphatic heterocycles. The topological polar surface area (TPSA) is 81.1 Å². The third-order valence-corrected chi connectivity index (χ3v) is 3.67. The highest BCUT2D eigenvalue weighted by Gasteiger charge is 2.11. The number of carbonyl (C=O) groups is 1. The third kappa shape index (κ3) is 3.58. The number of primary amides is 1. The summed E-state index contributed by atoms with van der Waals surface area (Å²) in [6, 6.07) is 6.08. The van der Waals surface area contributed by atoms with Crippen LogP contribution in [0.25, 0.3) is 0 Å². The van der Waals surface area contributed by atoms with Crippen molar-refractivity contribution in [3.05, 3.63) is 47.5 Å². The summed E-state index contributed by atoms with van der Waals surface area (Å²) < 4.78 is 14.7. The van der Waals surface area contributed by atoms with Crippen LogP contribution in [-0.4, -0.2) is 26.3 Å². The van der Waals surface area contributed by atoms with Gasteiger partial charge in [0.05, 0.1) is 24.3 Å². The number of imidazole rings is 1. The third-order valence-electron chi connectivity index (χ3n) is 2.66. The lowest BCUT2D eigenvalue weighted by Crippen LogP contribution is -2.14. The Morgan fingerprint density at radius 1 is 1.40 bits per heavy atom. The maximum atomic E-state index is 12.9. The van der Waals surface area contributed by atoms with Gasteiger partial charge in [-0.05, 0) is 17.7 Å². The van der Waals surface area contributed by atoms with E-state index < -0.39 is 5.91 Å².